The summed E-state index contributed by atoms with van der Waals surface area (Å²) in [5.41, 5.74) is 3.69. The smallest absolute Gasteiger partial charge is 0.339 e. The number of hydrogen-bond acceptors (Lipinski definition) is 5. The van der Waals surface area contributed by atoms with Crippen molar-refractivity contribution in [3.8, 4) is 11.3 Å². The minimum Gasteiger partial charge on any atom is -0.455 e. The van der Waals surface area contributed by atoms with Crippen LogP contribution in [0.3, 0.4) is 0 Å². The SMILES string of the molecule is O=C(N/N=C\c1ccc(-c2ccc([N+](=O)[O-])cc2)o1)Nc1ccccc1. The predicted octanol–water partition coefficient (Wildman–Crippen LogP) is 4.01. The summed E-state index contributed by atoms with van der Waals surface area (Å²) >= 11 is 0. The molecule has 1 aromatic heterocycles. The van der Waals surface area contributed by atoms with E-state index in [-0.39, 0.29) is 5.69 Å². The van der Waals surface area contributed by atoms with Gasteiger partial charge in [-0.1, -0.05) is 18.2 Å². The Bertz CT molecular complexity index is 933. The van der Waals surface area contributed by atoms with Gasteiger partial charge in [-0.2, -0.15) is 5.10 Å². The van der Waals surface area contributed by atoms with Crippen molar-refractivity contribution in [3.63, 3.8) is 0 Å². The van der Waals surface area contributed by atoms with Crippen molar-refractivity contribution >= 4 is 23.6 Å². The zero-order chi connectivity index (χ0) is 18.4. The van der Waals surface area contributed by atoms with Gasteiger partial charge in [0.15, 0.2) is 0 Å². The number of nitro groups is 1. The second kappa shape index (κ2) is 7.75. The lowest BCUT2D eigenvalue weighted by atomic mass is 10.1. The molecule has 0 aliphatic heterocycles. The first kappa shape index (κ1) is 16.9. The third-order valence-electron chi connectivity index (χ3n) is 3.38. The Balaban J connectivity index is 1.58. The molecule has 0 radical (unpaired) electrons. The number of nitro benzene ring substituents is 1. The third-order valence-corrected chi connectivity index (χ3v) is 3.38. The molecule has 0 saturated heterocycles. The van der Waals surface area contributed by atoms with Gasteiger partial charge in [-0.05, 0) is 36.4 Å². The van der Waals surface area contributed by atoms with E-state index in [1.165, 1.54) is 18.3 Å². The van der Waals surface area contributed by atoms with Crippen LogP contribution >= 0.6 is 0 Å². The van der Waals surface area contributed by atoms with E-state index in [0.717, 1.165) is 0 Å². The third kappa shape index (κ3) is 4.32. The number of non-ortho nitro benzene ring substituents is 1. The first-order chi connectivity index (χ1) is 12.6. The van der Waals surface area contributed by atoms with E-state index in [2.05, 4.69) is 15.8 Å². The highest BCUT2D eigenvalue weighted by Crippen LogP contribution is 2.23. The maximum absolute atomic E-state index is 11.7. The maximum atomic E-state index is 11.7. The maximum Gasteiger partial charge on any atom is 0.339 e. The summed E-state index contributed by atoms with van der Waals surface area (Å²) in [6.45, 7) is 0. The number of furan rings is 1. The molecule has 0 atom stereocenters. The molecule has 130 valence electrons. The van der Waals surface area contributed by atoms with Crippen molar-refractivity contribution < 1.29 is 14.1 Å². The van der Waals surface area contributed by atoms with E-state index in [0.29, 0.717) is 22.8 Å². The number of hydrogen-bond donors (Lipinski definition) is 2. The molecule has 1 heterocycles. The Kier molecular flexibility index (Phi) is 5.04. The van der Waals surface area contributed by atoms with Crippen LogP contribution in [0.1, 0.15) is 5.76 Å². The van der Waals surface area contributed by atoms with Gasteiger partial charge in [0.05, 0.1) is 11.1 Å². The number of benzene rings is 2. The summed E-state index contributed by atoms with van der Waals surface area (Å²) in [5.74, 6) is 0.966. The Morgan fingerprint density at radius 1 is 1.04 bits per heavy atom. The van der Waals surface area contributed by atoms with Crippen molar-refractivity contribution in [1.29, 1.82) is 0 Å². The van der Waals surface area contributed by atoms with E-state index in [1.54, 1.807) is 48.5 Å². The highest BCUT2D eigenvalue weighted by molar-refractivity contribution is 5.90. The fraction of sp³-hybridized carbons (Fsp3) is 0. The quantitative estimate of drug-likeness (QED) is 0.411. The van der Waals surface area contributed by atoms with Crippen LogP contribution in [0.4, 0.5) is 16.2 Å². The fourth-order valence-electron chi connectivity index (χ4n) is 2.16. The number of nitrogens with zero attached hydrogens (tertiary/aromatic N) is 2. The van der Waals surface area contributed by atoms with E-state index >= 15 is 0 Å². The van der Waals surface area contributed by atoms with Crippen molar-refractivity contribution in [2.24, 2.45) is 5.10 Å². The standard InChI is InChI=1S/C18H14N4O4/c23-18(20-14-4-2-1-3-5-14)21-19-12-16-10-11-17(26-16)13-6-8-15(9-7-13)22(24)25/h1-12H,(H2,20,21,23)/b19-12-. The van der Waals surface area contributed by atoms with E-state index in [4.69, 9.17) is 4.42 Å². The van der Waals surface area contributed by atoms with Crippen molar-refractivity contribution in [2.75, 3.05) is 5.32 Å². The molecule has 0 spiro atoms. The number of urea groups is 1. The van der Waals surface area contributed by atoms with Crippen LogP contribution in [0.15, 0.2) is 76.2 Å². The molecule has 3 aromatic rings. The summed E-state index contributed by atoms with van der Waals surface area (Å²) in [7, 11) is 0. The zero-order valence-corrected chi connectivity index (χ0v) is 13.5. The van der Waals surface area contributed by atoms with Gasteiger partial charge in [-0.3, -0.25) is 10.1 Å². The minimum atomic E-state index is -0.477. The molecule has 0 saturated carbocycles. The Hall–Kier alpha value is -3.94. The van der Waals surface area contributed by atoms with Crippen LogP contribution < -0.4 is 10.7 Å². The lowest BCUT2D eigenvalue weighted by Gasteiger charge is -2.02. The van der Waals surface area contributed by atoms with Gasteiger partial charge in [0.1, 0.15) is 11.5 Å². The van der Waals surface area contributed by atoms with Gasteiger partial charge >= 0.3 is 6.03 Å². The highest BCUT2D eigenvalue weighted by Gasteiger charge is 2.08. The lowest BCUT2D eigenvalue weighted by molar-refractivity contribution is -0.384. The van der Waals surface area contributed by atoms with Crippen LogP contribution in [0, 0.1) is 10.1 Å². The number of carbonyl (C=O) groups is 1. The van der Waals surface area contributed by atoms with Gasteiger partial charge in [0.2, 0.25) is 0 Å². The number of carbonyl (C=O) groups excluding carboxylic acids is 1. The van der Waals surface area contributed by atoms with E-state index in [1.807, 2.05) is 6.07 Å². The van der Waals surface area contributed by atoms with Gasteiger partial charge < -0.3 is 9.73 Å². The number of anilines is 1. The highest BCUT2D eigenvalue weighted by atomic mass is 16.6. The largest absolute Gasteiger partial charge is 0.455 e. The molecular formula is C18H14N4O4. The van der Waals surface area contributed by atoms with Crippen LogP contribution in [0.2, 0.25) is 0 Å². The number of rotatable bonds is 5. The van der Waals surface area contributed by atoms with Gasteiger partial charge in [0.25, 0.3) is 5.69 Å². The van der Waals surface area contributed by atoms with Crippen LogP contribution in [0.25, 0.3) is 11.3 Å². The monoisotopic (exact) mass is 350 g/mol. The Morgan fingerprint density at radius 2 is 1.77 bits per heavy atom. The molecule has 0 unspecified atom stereocenters. The van der Waals surface area contributed by atoms with Gasteiger partial charge in [-0.25, -0.2) is 10.2 Å². The molecule has 8 heteroatoms. The fourth-order valence-corrected chi connectivity index (χ4v) is 2.16. The molecule has 2 N–H and O–H groups in total. The molecule has 0 aliphatic rings. The van der Waals surface area contributed by atoms with Crippen molar-refractivity contribution in [2.45, 2.75) is 0 Å². The van der Waals surface area contributed by atoms with Crippen LogP contribution in [-0.2, 0) is 0 Å². The van der Waals surface area contributed by atoms with E-state index < -0.39 is 11.0 Å². The van der Waals surface area contributed by atoms with Crippen LogP contribution in [-0.4, -0.2) is 17.2 Å². The summed E-state index contributed by atoms with van der Waals surface area (Å²) in [6.07, 6.45) is 1.36. The molecule has 26 heavy (non-hydrogen) atoms. The van der Waals surface area contributed by atoms with Gasteiger partial charge in [-0.15, -0.1) is 0 Å². The lowest BCUT2D eigenvalue weighted by Crippen LogP contribution is -2.24. The first-order valence-corrected chi connectivity index (χ1v) is 7.61. The summed E-state index contributed by atoms with van der Waals surface area (Å²) < 4.78 is 5.58. The zero-order valence-electron chi connectivity index (χ0n) is 13.5. The molecule has 0 aliphatic carbocycles. The van der Waals surface area contributed by atoms with Gasteiger partial charge in [0, 0.05) is 23.4 Å². The molecule has 0 fully saturated rings. The number of nitrogens with one attached hydrogen (secondary N) is 2. The summed E-state index contributed by atoms with van der Waals surface area (Å²) in [4.78, 5) is 21.9. The Labute approximate surface area is 148 Å². The molecule has 8 nitrogen and oxygen atoms in total. The molecule has 2 aromatic carbocycles. The molecular weight excluding hydrogens is 336 g/mol. The average molecular weight is 350 g/mol. The summed E-state index contributed by atoms with van der Waals surface area (Å²) in [5, 5.41) is 17.1. The molecule has 0 bridgehead atoms. The topological polar surface area (TPSA) is 110 Å². The van der Waals surface area contributed by atoms with Crippen LogP contribution in [0.5, 0.6) is 0 Å². The molecule has 3 rings (SSSR count). The first-order valence-electron chi connectivity index (χ1n) is 7.61. The minimum absolute atomic E-state index is 0.00993. The van der Waals surface area contributed by atoms with E-state index in [9.17, 15) is 14.9 Å². The number of amides is 2. The number of hydrazone groups is 1. The predicted molar refractivity (Wildman–Crippen MR) is 97.0 cm³/mol. The molecule has 2 amide bonds. The Morgan fingerprint density at radius 3 is 2.46 bits per heavy atom. The second-order valence-corrected chi connectivity index (χ2v) is 5.20. The van der Waals surface area contributed by atoms with Crippen molar-refractivity contribution in [1.82, 2.24) is 5.43 Å². The second-order valence-electron chi connectivity index (χ2n) is 5.20. The average Bonchev–Trinajstić information content (AvgIpc) is 3.11. The van der Waals surface area contributed by atoms with Crippen molar-refractivity contribution in [3.05, 3.63) is 82.6 Å². The summed E-state index contributed by atoms with van der Waals surface area (Å²) in [6, 6.07) is 17.9. The normalized spacial score (nSPS) is 10.6. The number of para-hydroxylation sites is 1.